The van der Waals surface area contributed by atoms with E-state index in [1.807, 2.05) is 28.8 Å². The average molecular weight is 408 g/mol. The van der Waals surface area contributed by atoms with Crippen LogP contribution in [0.3, 0.4) is 0 Å². The molecule has 1 aromatic carbocycles. The molecule has 1 saturated heterocycles. The third-order valence-electron chi connectivity index (χ3n) is 5.43. The minimum absolute atomic E-state index is 0.252. The highest BCUT2D eigenvalue weighted by Gasteiger charge is 2.23. The lowest BCUT2D eigenvalue weighted by Crippen LogP contribution is -2.46. The monoisotopic (exact) mass is 407 g/mol. The molecule has 0 spiro atoms. The second kappa shape index (κ2) is 9.69. The SMILES string of the molecule is CN=C(NCc1nnc2ccccn12)NCC(c1ccc(C)cc1)N1CCOCC1. The van der Waals surface area contributed by atoms with Crippen LogP contribution in [0.15, 0.2) is 53.7 Å². The Morgan fingerprint density at radius 3 is 2.67 bits per heavy atom. The van der Waals surface area contributed by atoms with Gasteiger partial charge in [0.05, 0.1) is 25.8 Å². The number of hydrogen-bond acceptors (Lipinski definition) is 5. The van der Waals surface area contributed by atoms with Crippen molar-refractivity contribution < 1.29 is 4.74 Å². The first kappa shape index (κ1) is 20.3. The largest absolute Gasteiger partial charge is 0.379 e. The Morgan fingerprint density at radius 1 is 1.10 bits per heavy atom. The molecule has 0 radical (unpaired) electrons. The van der Waals surface area contributed by atoms with Gasteiger partial charge in [0.1, 0.15) is 0 Å². The first-order valence-electron chi connectivity index (χ1n) is 10.4. The summed E-state index contributed by atoms with van der Waals surface area (Å²) in [5.41, 5.74) is 3.41. The number of hydrogen-bond donors (Lipinski definition) is 2. The lowest BCUT2D eigenvalue weighted by Gasteiger charge is -2.35. The summed E-state index contributed by atoms with van der Waals surface area (Å²) in [6.07, 6.45) is 1.97. The second-order valence-electron chi connectivity index (χ2n) is 7.43. The fourth-order valence-corrected chi connectivity index (χ4v) is 3.72. The first-order chi connectivity index (χ1) is 14.7. The summed E-state index contributed by atoms with van der Waals surface area (Å²) >= 11 is 0. The quantitative estimate of drug-likeness (QED) is 0.479. The van der Waals surface area contributed by atoms with Crippen molar-refractivity contribution in [3.8, 4) is 0 Å². The lowest BCUT2D eigenvalue weighted by molar-refractivity contribution is 0.0170. The highest BCUT2D eigenvalue weighted by Crippen LogP contribution is 2.21. The van der Waals surface area contributed by atoms with Crippen molar-refractivity contribution in [2.24, 2.45) is 4.99 Å². The molecule has 1 fully saturated rings. The molecular formula is C22H29N7O. The number of benzene rings is 1. The number of rotatable bonds is 6. The molecule has 8 heteroatoms. The van der Waals surface area contributed by atoms with Gasteiger partial charge in [-0.15, -0.1) is 10.2 Å². The van der Waals surface area contributed by atoms with Crippen LogP contribution >= 0.6 is 0 Å². The van der Waals surface area contributed by atoms with Gasteiger partial charge in [-0.2, -0.15) is 0 Å². The third kappa shape index (κ3) is 4.77. The van der Waals surface area contributed by atoms with Gasteiger partial charge in [-0.3, -0.25) is 14.3 Å². The predicted octanol–water partition coefficient (Wildman–Crippen LogP) is 1.78. The molecule has 0 amide bonds. The summed E-state index contributed by atoms with van der Waals surface area (Å²) in [5, 5.41) is 15.3. The number of nitrogens with one attached hydrogen (secondary N) is 2. The van der Waals surface area contributed by atoms with Crippen LogP contribution in [0.5, 0.6) is 0 Å². The van der Waals surface area contributed by atoms with Crippen molar-refractivity contribution in [3.63, 3.8) is 0 Å². The Balaban J connectivity index is 1.41. The van der Waals surface area contributed by atoms with E-state index in [9.17, 15) is 0 Å². The Bertz CT molecular complexity index is 977. The smallest absolute Gasteiger partial charge is 0.191 e. The average Bonchev–Trinajstić information content (AvgIpc) is 3.21. The molecule has 8 nitrogen and oxygen atoms in total. The van der Waals surface area contributed by atoms with Crippen molar-refractivity contribution in [2.45, 2.75) is 19.5 Å². The molecule has 2 N–H and O–H groups in total. The highest BCUT2D eigenvalue weighted by atomic mass is 16.5. The van der Waals surface area contributed by atoms with Gasteiger partial charge in [0.25, 0.3) is 0 Å². The van der Waals surface area contributed by atoms with E-state index in [0.717, 1.165) is 50.3 Å². The van der Waals surface area contributed by atoms with Gasteiger partial charge < -0.3 is 15.4 Å². The fourth-order valence-electron chi connectivity index (χ4n) is 3.72. The van der Waals surface area contributed by atoms with Crippen LogP contribution in [0.25, 0.3) is 5.65 Å². The van der Waals surface area contributed by atoms with Crippen molar-refractivity contribution in [1.82, 2.24) is 30.1 Å². The number of guanidine groups is 1. The standard InChI is InChI=1S/C22H29N7O/c1-17-6-8-18(9-7-17)19(28-11-13-30-14-12-28)15-24-22(23-2)25-16-21-27-26-20-5-3-4-10-29(20)21/h3-10,19H,11-16H2,1-2H3,(H2,23,24,25). The molecule has 158 valence electrons. The summed E-state index contributed by atoms with van der Waals surface area (Å²) in [6.45, 7) is 6.81. The van der Waals surface area contributed by atoms with E-state index >= 15 is 0 Å². The maximum Gasteiger partial charge on any atom is 0.191 e. The first-order valence-corrected chi connectivity index (χ1v) is 10.4. The van der Waals surface area contributed by atoms with E-state index in [4.69, 9.17) is 4.74 Å². The zero-order chi connectivity index (χ0) is 20.8. The second-order valence-corrected chi connectivity index (χ2v) is 7.43. The van der Waals surface area contributed by atoms with E-state index in [0.29, 0.717) is 6.54 Å². The molecule has 3 heterocycles. The fraction of sp³-hybridized carbons (Fsp3) is 0.409. The van der Waals surface area contributed by atoms with Gasteiger partial charge in [0, 0.05) is 32.9 Å². The molecule has 1 atom stereocenters. The van der Waals surface area contributed by atoms with Crippen LogP contribution in [0, 0.1) is 6.92 Å². The molecule has 0 aliphatic carbocycles. The number of aryl methyl sites for hydroxylation is 1. The Morgan fingerprint density at radius 2 is 1.90 bits per heavy atom. The molecule has 3 aromatic rings. The number of aliphatic imine (C=N–C) groups is 1. The number of fused-ring (bicyclic) bond motifs is 1. The van der Waals surface area contributed by atoms with Gasteiger partial charge in [-0.25, -0.2) is 0 Å². The molecule has 30 heavy (non-hydrogen) atoms. The molecule has 1 unspecified atom stereocenters. The molecule has 1 aliphatic rings. The Labute approximate surface area is 177 Å². The van der Waals surface area contributed by atoms with Crippen molar-refractivity contribution in [1.29, 1.82) is 0 Å². The highest BCUT2D eigenvalue weighted by molar-refractivity contribution is 5.79. The summed E-state index contributed by atoms with van der Waals surface area (Å²) in [5.74, 6) is 1.59. The van der Waals surface area contributed by atoms with Crippen LogP contribution in [0.4, 0.5) is 0 Å². The van der Waals surface area contributed by atoms with Crippen LogP contribution in [0.1, 0.15) is 23.0 Å². The Hall–Kier alpha value is -2.97. The summed E-state index contributed by atoms with van der Waals surface area (Å²) in [7, 11) is 1.78. The number of nitrogens with zero attached hydrogens (tertiary/aromatic N) is 5. The zero-order valence-electron chi connectivity index (χ0n) is 17.6. The van der Waals surface area contributed by atoms with E-state index < -0.39 is 0 Å². The van der Waals surface area contributed by atoms with Gasteiger partial charge in [0.2, 0.25) is 0 Å². The van der Waals surface area contributed by atoms with Gasteiger partial charge >= 0.3 is 0 Å². The van der Waals surface area contributed by atoms with Crippen LogP contribution in [0.2, 0.25) is 0 Å². The molecule has 0 saturated carbocycles. The van der Waals surface area contributed by atoms with Gasteiger partial charge in [-0.1, -0.05) is 35.9 Å². The van der Waals surface area contributed by atoms with Crippen LogP contribution in [-0.4, -0.2) is 65.4 Å². The number of morpholine rings is 1. The molecule has 2 aromatic heterocycles. The normalized spacial score (nSPS) is 16.5. The van der Waals surface area contributed by atoms with Crippen LogP contribution in [-0.2, 0) is 11.3 Å². The van der Waals surface area contributed by atoms with Crippen molar-refractivity contribution >= 4 is 11.6 Å². The molecule has 4 rings (SSSR count). The minimum atomic E-state index is 0.252. The molecular weight excluding hydrogens is 378 g/mol. The Kier molecular flexibility index (Phi) is 6.56. The van der Waals surface area contributed by atoms with E-state index in [1.165, 1.54) is 11.1 Å². The number of ether oxygens (including phenoxy) is 1. The number of aromatic nitrogens is 3. The number of pyridine rings is 1. The maximum absolute atomic E-state index is 5.55. The van der Waals surface area contributed by atoms with E-state index in [1.54, 1.807) is 7.05 Å². The van der Waals surface area contributed by atoms with Crippen LogP contribution < -0.4 is 10.6 Å². The van der Waals surface area contributed by atoms with Gasteiger partial charge in [0.15, 0.2) is 17.4 Å². The third-order valence-corrected chi connectivity index (χ3v) is 5.43. The van der Waals surface area contributed by atoms with Crippen molar-refractivity contribution in [3.05, 3.63) is 65.6 Å². The lowest BCUT2D eigenvalue weighted by atomic mass is 10.0. The summed E-state index contributed by atoms with van der Waals surface area (Å²) in [6, 6.07) is 14.9. The van der Waals surface area contributed by atoms with Crippen molar-refractivity contribution in [2.75, 3.05) is 39.9 Å². The molecule has 0 bridgehead atoms. The summed E-state index contributed by atoms with van der Waals surface area (Å²) in [4.78, 5) is 6.86. The maximum atomic E-state index is 5.55. The predicted molar refractivity (Wildman–Crippen MR) is 118 cm³/mol. The topological polar surface area (TPSA) is 79.1 Å². The van der Waals surface area contributed by atoms with Gasteiger partial charge in [-0.05, 0) is 24.6 Å². The summed E-state index contributed by atoms with van der Waals surface area (Å²) < 4.78 is 7.53. The zero-order valence-corrected chi connectivity index (χ0v) is 17.6. The van der Waals surface area contributed by atoms with E-state index in [-0.39, 0.29) is 6.04 Å². The minimum Gasteiger partial charge on any atom is -0.379 e. The van der Waals surface area contributed by atoms with E-state index in [2.05, 4.69) is 61.9 Å². The molecule has 1 aliphatic heterocycles.